The predicted molar refractivity (Wildman–Crippen MR) is 134 cm³/mol. The molecule has 198 valence electrons. The average Bonchev–Trinajstić information content (AvgIpc) is 2.81. The molecule has 5 N–H and O–H groups in total. The quantitative estimate of drug-likeness (QED) is 0.213. The molecule has 1 fully saturated rings. The van der Waals surface area contributed by atoms with Gasteiger partial charge in [-0.05, 0) is 48.7 Å². The highest BCUT2D eigenvalue weighted by molar-refractivity contribution is 7.92. The number of rotatable bonds is 5. The molecule has 0 spiro atoms. The summed E-state index contributed by atoms with van der Waals surface area (Å²) < 4.78 is 76.7. The molecule has 2 aromatic carbocycles. The third-order valence-corrected chi connectivity index (χ3v) is 8.22. The standard InChI is InChI=1S/C24H25F4N5O3S/c1-3-19(13-8-14(24(26,27)28)10-15(29)9-13)31-21-16-11-18(23(25)4-6-37(30,36)7-5-23)20(34)12-17(16)22(35)33(2)32-21/h3,8-12,19,30,34H,1,4-7,29H2,2H3,(H,31,32)/t19-,23?,37?/m1/s1. The lowest BCUT2D eigenvalue weighted by molar-refractivity contribution is -0.137. The summed E-state index contributed by atoms with van der Waals surface area (Å²) in [5.41, 5.74) is 1.93. The predicted octanol–water partition coefficient (Wildman–Crippen LogP) is 4.58. The van der Waals surface area contributed by atoms with Crippen molar-refractivity contribution in [1.29, 1.82) is 4.78 Å². The van der Waals surface area contributed by atoms with Crippen LogP contribution in [0.2, 0.25) is 0 Å². The Morgan fingerprint density at radius 1 is 1.24 bits per heavy atom. The van der Waals surface area contributed by atoms with Gasteiger partial charge in [0.25, 0.3) is 5.56 Å². The lowest BCUT2D eigenvalue weighted by Crippen LogP contribution is -2.33. The third-order valence-electron chi connectivity index (χ3n) is 6.50. The van der Waals surface area contributed by atoms with Gasteiger partial charge in [-0.1, -0.05) is 6.08 Å². The molecule has 0 unspecified atom stereocenters. The first-order chi connectivity index (χ1) is 17.1. The van der Waals surface area contributed by atoms with E-state index in [1.165, 1.54) is 25.3 Å². The summed E-state index contributed by atoms with van der Waals surface area (Å²) in [6.07, 6.45) is -3.82. The van der Waals surface area contributed by atoms with Crippen LogP contribution in [0.4, 0.5) is 29.1 Å². The Morgan fingerprint density at radius 2 is 1.89 bits per heavy atom. The molecular formula is C24H25F4N5O3S. The van der Waals surface area contributed by atoms with Crippen molar-refractivity contribution in [3.63, 3.8) is 0 Å². The molecule has 13 heteroatoms. The van der Waals surface area contributed by atoms with Gasteiger partial charge >= 0.3 is 6.18 Å². The van der Waals surface area contributed by atoms with E-state index in [-0.39, 0.29) is 57.8 Å². The van der Waals surface area contributed by atoms with E-state index < -0.39 is 44.5 Å². The zero-order valence-corrected chi connectivity index (χ0v) is 20.5. The molecule has 2 heterocycles. The number of anilines is 2. The SMILES string of the molecule is C=C[C@@H](Nc1nn(C)c(=O)c2cc(O)c(C3(F)CCS(=N)(=O)CC3)cc12)c1cc(N)cc(C(F)(F)F)c1. The number of phenols is 1. The minimum Gasteiger partial charge on any atom is -0.508 e. The number of fused-ring (bicyclic) bond motifs is 1. The number of nitrogen functional groups attached to an aromatic ring is 1. The zero-order chi connectivity index (χ0) is 27.3. The van der Waals surface area contributed by atoms with Gasteiger partial charge in [0.05, 0.1) is 17.0 Å². The van der Waals surface area contributed by atoms with Crippen molar-refractivity contribution in [2.75, 3.05) is 22.6 Å². The normalized spacial score (nSPS) is 23.1. The molecule has 0 radical (unpaired) electrons. The summed E-state index contributed by atoms with van der Waals surface area (Å²) in [4.78, 5) is 12.8. The van der Waals surface area contributed by atoms with Crippen LogP contribution in [-0.2, 0) is 28.6 Å². The topological polar surface area (TPSA) is 134 Å². The Kier molecular flexibility index (Phi) is 6.47. The van der Waals surface area contributed by atoms with Crippen molar-refractivity contribution in [3.8, 4) is 5.75 Å². The van der Waals surface area contributed by atoms with Crippen molar-refractivity contribution in [2.24, 2.45) is 7.05 Å². The number of nitrogens with one attached hydrogen (secondary N) is 2. The number of alkyl halides is 4. The van der Waals surface area contributed by atoms with Gasteiger partial charge < -0.3 is 16.2 Å². The molecule has 1 aliphatic heterocycles. The molecule has 0 bridgehead atoms. The van der Waals surface area contributed by atoms with E-state index >= 15 is 4.39 Å². The molecule has 1 aromatic heterocycles. The fourth-order valence-corrected chi connectivity index (χ4v) is 5.96. The summed E-state index contributed by atoms with van der Waals surface area (Å²) in [5, 5.41) is 17.9. The first-order valence-corrected chi connectivity index (χ1v) is 13.1. The highest BCUT2D eigenvalue weighted by atomic mass is 32.2. The second-order valence-corrected chi connectivity index (χ2v) is 11.6. The fraction of sp³-hybridized carbons (Fsp3) is 0.333. The van der Waals surface area contributed by atoms with Crippen LogP contribution < -0.4 is 16.6 Å². The summed E-state index contributed by atoms with van der Waals surface area (Å²) in [6, 6.07) is 4.50. The van der Waals surface area contributed by atoms with Crippen LogP contribution in [0.1, 0.15) is 35.6 Å². The van der Waals surface area contributed by atoms with E-state index in [0.717, 1.165) is 22.9 Å². The monoisotopic (exact) mass is 539 g/mol. The molecule has 0 saturated carbocycles. The van der Waals surface area contributed by atoms with Gasteiger partial charge in [-0.3, -0.25) is 9.57 Å². The number of hydrogen-bond acceptors (Lipinski definition) is 7. The van der Waals surface area contributed by atoms with Crippen molar-refractivity contribution >= 4 is 32.0 Å². The lowest BCUT2D eigenvalue weighted by Gasteiger charge is -2.31. The van der Waals surface area contributed by atoms with Gasteiger partial charge in [0, 0.05) is 44.9 Å². The number of aryl methyl sites for hydroxylation is 1. The number of halogens is 4. The third kappa shape index (κ3) is 5.13. The minimum atomic E-state index is -4.64. The van der Waals surface area contributed by atoms with Crippen LogP contribution in [0.15, 0.2) is 47.8 Å². The number of phenolic OH excluding ortho intramolecular Hbond substituents is 1. The summed E-state index contributed by atoms with van der Waals surface area (Å²) >= 11 is 0. The highest BCUT2D eigenvalue weighted by Gasteiger charge is 2.40. The molecule has 1 saturated heterocycles. The molecule has 0 amide bonds. The maximum absolute atomic E-state index is 15.9. The van der Waals surface area contributed by atoms with Crippen LogP contribution in [0, 0.1) is 4.78 Å². The molecule has 1 aliphatic rings. The van der Waals surface area contributed by atoms with E-state index in [1.807, 2.05) is 0 Å². The summed E-state index contributed by atoms with van der Waals surface area (Å²) in [6.45, 7) is 3.68. The number of benzene rings is 2. The van der Waals surface area contributed by atoms with Crippen LogP contribution in [0.25, 0.3) is 10.8 Å². The van der Waals surface area contributed by atoms with Crippen LogP contribution in [0.3, 0.4) is 0 Å². The number of nitrogens with zero attached hydrogens (tertiary/aromatic N) is 2. The molecule has 0 aliphatic carbocycles. The van der Waals surface area contributed by atoms with Crippen LogP contribution in [0.5, 0.6) is 5.75 Å². The average molecular weight is 540 g/mol. The van der Waals surface area contributed by atoms with Gasteiger partial charge in [-0.15, -0.1) is 6.58 Å². The second kappa shape index (κ2) is 9.05. The summed E-state index contributed by atoms with van der Waals surface area (Å²) in [5.74, 6) is -0.816. The van der Waals surface area contributed by atoms with Gasteiger partial charge in [0.1, 0.15) is 11.4 Å². The first kappa shape index (κ1) is 26.5. The lowest BCUT2D eigenvalue weighted by atomic mass is 9.88. The smallest absolute Gasteiger partial charge is 0.416 e. The molecular weight excluding hydrogens is 514 g/mol. The Morgan fingerprint density at radius 3 is 2.49 bits per heavy atom. The largest absolute Gasteiger partial charge is 0.508 e. The number of aromatic hydroxyl groups is 1. The van der Waals surface area contributed by atoms with E-state index in [0.29, 0.717) is 0 Å². The van der Waals surface area contributed by atoms with Gasteiger partial charge in [-0.25, -0.2) is 13.3 Å². The molecule has 1 atom stereocenters. The van der Waals surface area contributed by atoms with Gasteiger partial charge in [0.2, 0.25) is 0 Å². The number of nitrogens with two attached hydrogens (primary N) is 1. The Labute approximate surface area is 209 Å². The van der Waals surface area contributed by atoms with E-state index in [4.69, 9.17) is 10.5 Å². The first-order valence-electron chi connectivity index (χ1n) is 11.2. The Hall–Kier alpha value is -3.61. The van der Waals surface area contributed by atoms with Crippen molar-refractivity contribution in [2.45, 2.75) is 30.7 Å². The fourth-order valence-electron chi connectivity index (χ4n) is 4.45. The van der Waals surface area contributed by atoms with Gasteiger partial charge in [0.15, 0.2) is 5.82 Å². The maximum atomic E-state index is 15.9. The Bertz CT molecular complexity index is 1550. The Balaban J connectivity index is 1.84. The molecule has 3 aromatic rings. The summed E-state index contributed by atoms with van der Waals surface area (Å²) in [7, 11) is -1.55. The maximum Gasteiger partial charge on any atom is 0.416 e. The highest BCUT2D eigenvalue weighted by Crippen LogP contribution is 2.44. The van der Waals surface area contributed by atoms with Crippen LogP contribution >= 0.6 is 0 Å². The second-order valence-electron chi connectivity index (χ2n) is 9.12. The minimum absolute atomic E-state index is 0.00341. The number of hydrogen-bond donors (Lipinski definition) is 4. The van der Waals surface area contributed by atoms with Crippen LogP contribution in [-0.4, -0.2) is 30.6 Å². The van der Waals surface area contributed by atoms with Crippen molar-refractivity contribution in [3.05, 3.63) is 70.0 Å². The van der Waals surface area contributed by atoms with E-state index in [1.54, 1.807) is 0 Å². The molecule has 8 nitrogen and oxygen atoms in total. The van der Waals surface area contributed by atoms with E-state index in [2.05, 4.69) is 17.0 Å². The van der Waals surface area contributed by atoms with E-state index in [9.17, 15) is 27.3 Å². The van der Waals surface area contributed by atoms with Crippen molar-refractivity contribution < 1.29 is 26.9 Å². The molecule has 4 rings (SSSR count). The molecule has 37 heavy (non-hydrogen) atoms. The van der Waals surface area contributed by atoms with Crippen molar-refractivity contribution in [1.82, 2.24) is 9.78 Å². The number of aromatic nitrogens is 2. The zero-order valence-electron chi connectivity index (χ0n) is 19.7. The van der Waals surface area contributed by atoms with Gasteiger partial charge in [-0.2, -0.15) is 18.3 Å².